The Morgan fingerprint density at radius 1 is 0.933 bits per heavy atom. The molecule has 0 unspecified atom stereocenters. The number of anilines is 1. The minimum absolute atomic E-state index is 0.0299. The number of oxime groups is 1. The Kier molecular flexibility index (Phi) is 14.4. The van der Waals surface area contributed by atoms with Gasteiger partial charge in [0.05, 0.1) is 7.11 Å². The van der Waals surface area contributed by atoms with Crippen LogP contribution in [-0.2, 0) is 50.7 Å². The summed E-state index contributed by atoms with van der Waals surface area (Å²) in [7, 11) is 1.55. The molecule has 3 amide bonds. The van der Waals surface area contributed by atoms with Gasteiger partial charge in [-0.2, -0.15) is 0 Å². The molecule has 2 N–H and O–H groups in total. The maximum Gasteiger partial charge on any atom is 0.413 e. The molecule has 5 rings (SSSR count). The minimum Gasteiger partial charge on any atom is -0.497 e. The molecule has 0 bridgehead atoms. The number of rotatable bonds is 14. The van der Waals surface area contributed by atoms with Crippen LogP contribution in [0.3, 0.4) is 0 Å². The molecule has 1 fully saturated rings. The van der Waals surface area contributed by atoms with Gasteiger partial charge in [0.1, 0.15) is 46.4 Å². The number of nitrogens with one attached hydrogen (secondary N) is 2. The monoisotopic (exact) mass is 881 g/mol. The third-order valence-electron chi connectivity index (χ3n) is 8.44. The minimum atomic E-state index is -1.66. The Labute approximate surface area is 361 Å². The Morgan fingerprint density at radius 3 is 2.20 bits per heavy atom. The highest BCUT2D eigenvalue weighted by atomic mass is 35.5. The number of thiazole rings is 1. The van der Waals surface area contributed by atoms with Gasteiger partial charge < -0.3 is 29.1 Å². The number of carbonyl (C=O) groups is 5. The number of β-lactam (4-membered cyclic amide) rings is 1. The van der Waals surface area contributed by atoms with Crippen LogP contribution in [0.4, 0.5) is 9.93 Å². The number of hydrogen-bond donors (Lipinski definition) is 2. The maximum atomic E-state index is 14.1. The number of benzene rings is 2. The summed E-state index contributed by atoms with van der Waals surface area (Å²) in [6.45, 7) is 13.0. The Morgan fingerprint density at radius 2 is 1.58 bits per heavy atom. The van der Waals surface area contributed by atoms with Crippen LogP contribution in [0.2, 0.25) is 0 Å². The van der Waals surface area contributed by atoms with Gasteiger partial charge in [0.2, 0.25) is 5.60 Å². The highest BCUT2D eigenvalue weighted by Crippen LogP contribution is 2.41. The number of ether oxygens (including phenoxy) is 4. The predicted molar refractivity (Wildman–Crippen MR) is 229 cm³/mol. The number of thioether (sulfide) groups is 1. The smallest absolute Gasteiger partial charge is 0.413 e. The molecule has 15 nitrogen and oxygen atoms in total. The molecule has 0 radical (unpaired) electrons. The van der Waals surface area contributed by atoms with Gasteiger partial charge in [0.15, 0.2) is 10.8 Å². The van der Waals surface area contributed by atoms with Gasteiger partial charge in [-0.25, -0.2) is 19.4 Å². The zero-order valence-corrected chi connectivity index (χ0v) is 37.1. The summed E-state index contributed by atoms with van der Waals surface area (Å²) >= 11 is 8.28. The molecule has 1 saturated heterocycles. The normalized spacial score (nSPS) is 17.1. The van der Waals surface area contributed by atoms with Crippen molar-refractivity contribution in [2.45, 2.75) is 96.1 Å². The lowest BCUT2D eigenvalue weighted by Gasteiger charge is -2.49. The van der Waals surface area contributed by atoms with Crippen molar-refractivity contribution in [1.82, 2.24) is 15.2 Å². The van der Waals surface area contributed by atoms with Crippen molar-refractivity contribution in [3.63, 3.8) is 0 Å². The molecule has 3 aromatic rings. The van der Waals surface area contributed by atoms with Crippen molar-refractivity contribution in [1.29, 1.82) is 0 Å². The summed E-state index contributed by atoms with van der Waals surface area (Å²) in [5.74, 6) is -1.61. The standard InChI is InChI=1S/C42H48ClN5O10S2/c1-40(2,3)56-37(52)42(7,8)58-47-30(29-23-60-38(44-29)46-39(53)57-41(4,5)6)33(49)45-31-34(50)48-32(36(51)55-21-26-15-18-28(54-9)19-16-26)27(22-59-35(31)48)17-14-24-10-12-25(20-43)13-11-24/h10-19,23,31,35H,20-22H2,1-9H3,(H,45,49)(H,44,46,53)/b17-14-,47-30-/t31-,35+/m1/s1. The number of methoxy groups -OCH3 is 1. The van der Waals surface area contributed by atoms with Crippen molar-refractivity contribution in [3.8, 4) is 5.75 Å². The van der Waals surface area contributed by atoms with Crippen LogP contribution < -0.4 is 15.4 Å². The van der Waals surface area contributed by atoms with Gasteiger partial charge in [0, 0.05) is 17.0 Å². The van der Waals surface area contributed by atoms with Gasteiger partial charge in [0.25, 0.3) is 11.8 Å². The van der Waals surface area contributed by atoms with E-state index in [2.05, 4.69) is 20.8 Å². The largest absolute Gasteiger partial charge is 0.497 e. The van der Waals surface area contributed by atoms with Crippen molar-refractivity contribution in [3.05, 3.63) is 93.6 Å². The van der Waals surface area contributed by atoms with Crippen LogP contribution in [0.15, 0.2) is 76.4 Å². The summed E-state index contributed by atoms with van der Waals surface area (Å²) in [5, 5.41) is 10.1. The van der Waals surface area contributed by atoms with E-state index in [1.54, 1.807) is 79.0 Å². The molecule has 2 aromatic carbocycles. The predicted octanol–water partition coefficient (Wildman–Crippen LogP) is 7.19. The number of amides is 3. The Bertz CT molecular complexity index is 2190. The zero-order valence-electron chi connectivity index (χ0n) is 34.7. The molecular weight excluding hydrogens is 834 g/mol. The zero-order chi connectivity index (χ0) is 44.0. The molecule has 1 aromatic heterocycles. The summed E-state index contributed by atoms with van der Waals surface area (Å²) in [6.07, 6.45) is 2.82. The molecule has 0 saturated carbocycles. The quantitative estimate of drug-likeness (QED) is 0.0416. The van der Waals surface area contributed by atoms with E-state index < -0.39 is 63.8 Å². The van der Waals surface area contributed by atoms with Gasteiger partial charge in [-0.3, -0.25) is 19.8 Å². The van der Waals surface area contributed by atoms with E-state index in [0.717, 1.165) is 22.5 Å². The van der Waals surface area contributed by atoms with Crippen molar-refractivity contribution < 1.29 is 47.8 Å². The van der Waals surface area contributed by atoms with E-state index >= 15 is 0 Å². The first-order chi connectivity index (χ1) is 28.2. The lowest BCUT2D eigenvalue weighted by molar-refractivity contribution is -0.179. The number of alkyl halides is 1. The van der Waals surface area contributed by atoms with Crippen LogP contribution >= 0.6 is 34.7 Å². The molecule has 0 aliphatic carbocycles. The van der Waals surface area contributed by atoms with Crippen molar-refractivity contribution in [2.24, 2.45) is 5.16 Å². The molecule has 2 aliphatic rings. The molecule has 3 heterocycles. The van der Waals surface area contributed by atoms with E-state index in [1.165, 1.54) is 35.9 Å². The summed E-state index contributed by atoms with van der Waals surface area (Å²) in [5.41, 5.74) is -0.608. The molecule has 60 heavy (non-hydrogen) atoms. The van der Waals surface area contributed by atoms with E-state index in [4.69, 9.17) is 35.4 Å². The Hall–Kier alpha value is -5.39. The van der Waals surface area contributed by atoms with Crippen LogP contribution in [-0.4, -0.2) is 86.5 Å². The average Bonchev–Trinajstić information content (AvgIpc) is 3.64. The van der Waals surface area contributed by atoms with Crippen LogP contribution in [0.5, 0.6) is 5.75 Å². The molecule has 320 valence electrons. The molecule has 0 spiro atoms. The van der Waals surface area contributed by atoms with E-state index in [0.29, 0.717) is 28.5 Å². The fourth-order valence-corrected chi connectivity index (χ4v) is 7.63. The first-order valence-electron chi connectivity index (χ1n) is 18.8. The second-order valence-corrected chi connectivity index (χ2v) is 18.3. The van der Waals surface area contributed by atoms with Gasteiger partial charge in [-0.05, 0) is 89.8 Å². The fraction of sp³-hybridized carbons (Fsp3) is 0.405. The van der Waals surface area contributed by atoms with Crippen molar-refractivity contribution >= 4 is 81.5 Å². The topological polar surface area (TPSA) is 184 Å². The number of esters is 2. The number of aromatic nitrogens is 1. The lowest BCUT2D eigenvalue weighted by Crippen LogP contribution is -2.71. The maximum absolute atomic E-state index is 14.1. The second kappa shape index (κ2) is 18.9. The summed E-state index contributed by atoms with van der Waals surface area (Å²) in [6, 6.07) is 13.5. The lowest BCUT2D eigenvalue weighted by atomic mass is 10.0. The number of hydrogen-bond acceptors (Lipinski definition) is 14. The number of allylic oxidation sites excluding steroid dienone is 1. The van der Waals surface area contributed by atoms with Crippen LogP contribution in [0.25, 0.3) is 6.08 Å². The third kappa shape index (κ3) is 11.9. The summed E-state index contributed by atoms with van der Waals surface area (Å²) in [4.78, 5) is 78.7. The number of carbonyl (C=O) groups excluding carboxylic acids is 5. The molecule has 18 heteroatoms. The number of halogens is 1. The SMILES string of the molecule is COc1ccc(COC(=O)C2=C(/C=C\c3ccc(CCl)cc3)CS[C@H]3[C@H](NC(=O)/C(=N\OC(C)(C)C(=O)OC(C)(C)C)c4csc(NC(=O)OC(C)(C)C)n4)C(=O)N23)cc1. The second-order valence-electron chi connectivity index (χ2n) is 16.1. The summed E-state index contributed by atoms with van der Waals surface area (Å²) < 4.78 is 21.8. The van der Waals surface area contributed by atoms with E-state index in [1.807, 2.05) is 30.3 Å². The first kappa shape index (κ1) is 45.7. The highest BCUT2D eigenvalue weighted by Gasteiger charge is 2.54. The van der Waals surface area contributed by atoms with Crippen molar-refractivity contribution in [2.75, 3.05) is 18.2 Å². The van der Waals surface area contributed by atoms with Crippen LogP contribution in [0.1, 0.15) is 77.8 Å². The first-order valence-corrected chi connectivity index (χ1v) is 21.2. The number of nitrogens with zero attached hydrogens (tertiary/aromatic N) is 3. The van der Waals surface area contributed by atoms with Crippen LogP contribution in [0, 0.1) is 0 Å². The van der Waals surface area contributed by atoms with E-state index in [-0.39, 0.29) is 23.1 Å². The van der Waals surface area contributed by atoms with Gasteiger partial charge >= 0.3 is 18.0 Å². The molecule has 2 atom stereocenters. The molecular formula is C42H48ClN5O10S2. The van der Waals surface area contributed by atoms with E-state index in [9.17, 15) is 24.0 Å². The van der Waals surface area contributed by atoms with Gasteiger partial charge in [-0.1, -0.05) is 53.7 Å². The Balaban J connectivity index is 1.41. The highest BCUT2D eigenvalue weighted by molar-refractivity contribution is 8.00. The average molecular weight is 882 g/mol. The number of fused-ring (bicyclic) bond motifs is 1. The fourth-order valence-electron chi connectivity index (χ4n) is 5.46. The molecule has 2 aliphatic heterocycles. The third-order valence-corrected chi connectivity index (χ3v) is 10.8. The van der Waals surface area contributed by atoms with Gasteiger partial charge in [-0.15, -0.1) is 34.7 Å².